The van der Waals surface area contributed by atoms with Crippen molar-refractivity contribution in [3.05, 3.63) is 125 Å². The van der Waals surface area contributed by atoms with E-state index >= 15 is 0 Å². The number of nitrogens with one attached hydrogen (secondary N) is 1. The molecule has 1 N–H and O–H groups in total. The van der Waals surface area contributed by atoms with Crippen molar-refractivity contribution in [2.24, 2.45) is 0 Å². The summed E-state index contributed by atoms with van der Waals surface area (Å²) in [6.45, 7) is 9.15. The van der Waals surface area contributed by atoms with Crippen molar-refractivity contribution in [1.82, 2.24) is 10.2 Å². The molecular formula is C38H45N3O5S. The highest BCUT2D eigenvalue weighted by Crippen LogP contribution is 2.34. The van der Waals surface area contributed by atoms with Crippen LogP contribution in [-0.2, 0) is 32.6 Å². The van der Waals surface area contributed by atoms with Gasteiger partial charge in [0.05, 0.1) is 17.7 Å². The van der Waals surface area contributed by atoms with Gasteiger partial charge in [-0.1, -0.05) is 90.8 Å². The van der Waals surface area contributed by atoms with Crippen LogP contribution in [0.2, 0.25) is 0 Å². The number of aryl methyl sites for hydroxylation is 3. The minimum Gasteiger partial charge on any atom is -0.495 e. The molecule has 0 fully saturated rings. The minimum atomic E-state index is -4.25. The lowest BCUT2D eigenvalue weighted by atomic mass is 10.0. The SMILES string of the molecule is CC[C@H](C)NC(=O)[C@H](Cc1ccccc1)N(Cc1cccc(C)c1)C(=O)CN(c1cc(C)ccc1OC)S(=O)(=O)c1ccc(C)cc1. The van der Waals surface area contributed by atoms with Crippen molar-refractivity contribution in [2.45, 2.75) is 71.0 Å². The summed E-state index contributed by atoms with van der Waals surface area (Å²) in [6, 6.07) is 28.0. The van der Waals surface area contributed by atoms with Crippen LogP contribution in [0.5, 0.6) is 5.75 Å². The highest BCUT2D eigenvalue weighted by atomic mass is 32.2. The summed E-state index contributed by atoms with van der Waals surface area (Å²) in [5.74, 6) is -0.518. The first-order valence-corrected chi connectivity index (χ1v) is 17.3. The van der Waals surface area contributed by atoms with Crippen LogP contribution in [-0.4, -0.2) is 50.9 Å². The van der Waals surface area contributed by atoms with Gasteiger partial charge in [-0.3, -0.25) is 13.9 Å². The second kappa shape index (κ2) is 15.8. The van der Waals surface area contributed by atoms with Crippen LogP contribution in [0.4, 0.5) is 5.69 Å². The van der Waals surface area contributed by atoms with E-state index in [-0.39, 0.29) is 35.5 Å². The number of hydrogen-bond donors (Lipinski definition) is 1. The van der Waals surface area contributed by atoms with Crippen LogP contribution in [0, 0.1) is 20.8 Å². The number of nitrogens with zero attached hydrogens (tertiary/aromatic N) is 2. The molecule has 0 radical (unpaired) electrons. The number of ether oxygens (including phenoxy) is 1. The van der Waals surface area contributed by atoms with Crippen molar-refractivity contribution in [2.75, 3.05) is 18.0 Å². The number of carbonyl (C=O) groups excluding carboxylic acids is 2. The molecule has 2 amide bonds. The van der Waals surface area contributed by atoms with Crippen molar-refractivity contribution in [3.63, 3.8) is 0 Å². The molecule has 0 unspecified atom stereocenters. The molecule has 248 valence electrons. The van der Waals surface area contributed by atoms with Gasteiger partial charge in [0.15, 0.2) is 0 Å². The Bertz CT molecular complexity index is 1780. The van der Waals surface area contributed by atoms with Gasteiger partial charge in [0.1, 0.15) is 18.3 Å². The van der Waals surface area contributed by atoms with E-state index in [2.05, 4.69) is 5.32 Å². The maximum absolute atomic E-state index is 14.7. The molecule has 0 aliphatic carbocycles. The monoisotopic (exact) mass is 655 g/mol. The van der Waals surface area contributed by atoms with Gasteiger partial charge >= 0.3 is 0 Å². The van der Waals surface area contributed by atoms with E-state index in [4.69, 9.17) is 4.74 Å². The van der Waals surface area contributed by atoms with Gasteiger partial charge in [0, 0.05) is 19.0 Å². The maximum atomic E-state index is 14.7. The topological polar surface area (TPSA) is 96.0 Å². The normalized spacial score (nSPS) is 12.6. The first-order valence-electron chi connectivity index (χ1n) is 15.9. The first-order chi connectivity index (χ1) is 22.4. The Morgan fingerprint density at radius 3 is 2.09 bits per heavy atom. The molecule has 8 nitrogen and oxygen atoms in total. The Kier molecular flexibility index (Phi) is 11.8. The third-order valence-corrected chi connectivity index (χ3v) is 9.97. The van der Waals surface area contributed by atoms with E-state index in [9.17, 15) is 18.0 Å². The van der Waals surface area contributed by atoms with Gasteiger partial charge in [0.2, 0.25) is 11.8 Å². The number of carbonyl (C=O) groups is 2. The molecule has 0 heterocycles. The van der Waals surface area contributed by atoms with Gasteiger partial charge in [0.25, 0.3) is 10.0 Å². The molecule has 0 aliphatic heterocycles. The molecule has 0 aromatic heterocycles. The third-order valence-electron chi connectivity index (χ3n) is 8.20. The lowest BCUT2D eigenvalue weighted by Crippen LogP contribution is -2.54. The largest absolute Gasteiger partial charge is 0.495 e. The Labute approximate surface area is 279 Å². The molecule has 4 aromatic rings. The summed E-state index contributed by atoms with van der Waals surface area (Å²) in [7, 11) is -2.79. The third kappa shape index (κ3) is 9.01. The highest BCUT2D eigenvalue weighted by Gasteiger charge is 2.36. The van der Waals surface area contributed by atoms with Gasteiger partial charge in [-0.05, 0) is 75.1 Å². The van der Waals surface area contributed by atoms with E-state index in [0.29, 0.717) is 12.2 Å². The predicted molar refractivity (Wildman–Crippen MR) is 187 cm³/mol. The van der Waals surface area contributed by atoms with E-state index in [1.165, 1.54) is 24.1 Å². The number of methoxy groups -OCH3 is 1. The quantitative estimate of drug-likeness (QED) is 0.170. The molecular weight excluding hydrogens is 611 g/mol. The highest BCUT2D eigenvalue weighted by molar-refractivity contribution is 7.92. The fourth-order valence-electron chi connectivity index (χ4n) is 5.35. The Morgan fingerprint density at radius 2 is 1.45 bits per heavy atom. The summed E-state index contributed by atoms with van der Waals surface area (Å²) in [5.41, 5.74) is 4.65. The first kappa shape index (κ1) is 35.2. The summed E-state index contributed by atoms with van der Waals surface area (Å²) in [5, 5.41) is 3.07. The molecule has 4 rings (SSSR count). The summed E-state index contributed by atoms with van der Waals surface area (Å²) in [6.07, 6.45) is 0.963. The number of benzene rings is 4. The fourth-order valence-corrected chi connectivity index (χ4v) is 6.76. The van der Waals surface area contributed by atoms with E-state index < -0.39 is 28.5 Å². The minimum absolute atomic E-state index is 0.0417. The molecule has 0 bridgehead atoms. The van der Waals surface area contributed by atoms with Crippen LogP contribution in [0.25, 0.3) is 0 Å². The second-order valence-electron chi connectivity index (χ2n) is 12.0. The van der Waals surface area contributed by atoms with Crippen LogP contribution in [0.3, 0.4) is 0 Å². The van der Waals surface area contributed by atoms with Crippen LogP contribution >= 0.6 is 0 Å². The summed E-state index contributed by atoms with van der Waals surface area (Å²) in [4.78, 5) is 30.3. The van der Waals surface area contributed by atoms with Gasteiger partial charge in [-0.2, -0.15) is 0 Å². The Morgan fingerprint density at radius 1 is 0.809 bits per heavy atom. The van der Waals surface area contributed by atoms with Gasteiger partial charge in [-0.15, -0.1) is 0 Å². The number of hydrogen-bond acceptors (Lipinski definition) is 5. The maximum Gasteiger partial charge on any atom is 0.264 e. The van der Waals surface area contributed by atoms with E-state index in [1.54, 1.807) is 24.3 Å². The molecule has 0 aliphatic rings. The molecule has 0 spiro atoms. The van der Waals surface area contributed by atoms with Crippen molar-refractivity contribution >= 4 is 27.5 Å². The number of sulfonamides is 1. The number of amides is 2. The lowest BCUT2D eigenvalue weighted by Gasteiger charge is -2.34. The van der Waals surface area contributed by atoms with Crippen molar-refractivity contribution in [3.8, 4) is 5.75 Å². The Balaban J connectivity index is 1.86. The van der Waals surface area contributed by atoms with E-state index in [0.717, 1.165) is 32.1 Å². The van der Waals surface area contributed by atoms with Gasteiger partial charge in [-0.25, -0.2) is 8.42 Å². The molecule has 0 saturated heterocycles. The van der Waals surface area contributed by atoms with Crippen molar-refractivity contribution in [1.29, 1.82) is 0 Å². The molecule has 2 atom stereocenters. The predicted octanol–water partition coefficient (Wildman–Crippen LogP) is 6.37. The summed E-state index contributed by atoms with van der Waals surface area (Å²) < 4.78 is 35.5. The smallest absolute Gasteiger partial charge is 0.264 e. The molecule has 47 heavy (non-hydrogen) atoms. The Hall–Kier alpha value is -4.63. The lowest BCUT2D eigenvalue weighted by molar-refractivity contribution is -0.140. The van der Waals surface area contributed by atoms with Crippen LogP contribution in [0.1, 0.15) is 48.1 Å². The second-order valence-corrected chi connectivity index (χ2v) is 13.9. The van der Waals surface area contributed by atoms with Crippen molar-refractivity contribution < 1.29 is 22.7 Å². The molecule has 4 aromatic carbocycles. The standard InChI is InChI=1S/C38H45N3O5S/c1-7-30(5)39-38(43)35(24-31-13-9-8-10-14-31)40(25-32-15-11-12-28(3)22-32)37(42)26-41(34-23-29(4)18-21-36(34)46-6)47(44,45)33-19-16-27(2)17-20-33/h8-23,30,35H,7,24-26H2,1-6H3,(H,39,43)/t30-,35-/m0/s1. The average molecular weight is 656 g/mol. The zero-order valence-corrected chi connectivity index (χ0v) is 28.9. The fraction of sp³-hybridized carbons (Fsp3) is 0.316. The molecule has 9 heteroatoms. The van der Waals surface area contributed by atoms with Crippen LogP contribution in [0.15, 0.2) is 102 Å². The van der Waals surface area contributed by atoms with Gasteiger partial charge < -0.3 is 15.0 Å². The zero-order valence-electron chi connectivity index (χ0n) is 28.1. The number of rotatable bonds is 14. The average Bonchev–Trinajstić information content (AvgIpc) is 3.05. The van der Waals surface area contributed by atoms with E-state index in [1.807, 2.05) is 95.3 Å². The van der Waals surface area contributed by atoms with Crippen LogP contribution < -0.4 is 14.4 Å². The number of anilines is 1. The summed E-state index contributed by atoms with van der Waals surface area (Å²) >= 11 is 0. The molecule has 0 saturated carbocycles. The zero-order chi connectivity index (χ0) is 34.1.